The Hall–Kier alpha value is -1.06. The molecule has 0 atom stereocenters. The summed E-state index contributed by atoms with van der Waals surface area (Å²) in [5.74, 6) is 0.953. The highest BCUT2D eigenvalue weighted by Gasteiger charge is 2.29. The summed E-state index contributed by atoms with van der Waals surface area (Å²) in [5, 5.41) is 0. The van der Waals surface area contributed by atoms with E-state index in [0.717, 1.165) is 44.5 Å². The van der Waals surface area contributed by atoms with Gasteiger partial charge in [-0.3, -0.25) is 0 Å². The Morgan fingerprint density at radius 1 is 1.21 bits per heavy atom. The minimum atomic E-state index is -0.0319. The van der Waals surface area contributed by atoms with Crippen molar-refractivity contribution < 1.29 is 4.74 Å². The zero-order valence-corrected chi connectivity index (χ0v) is 12.2. The lowest BCUT2D eigenvalue weighted by Gasteiger charge is -2.37. The molecule has 0 unspecified atom stereocenters. The van der Waals surface area contributed by atoms with Crippen LogP contribution in [0.25, 0.3) is 0 Å². The van der Waals surface area contributed by atoms with Crippen LogP contribution in [0.15, 0.2) is 24.3 Å². The number of hydrogen-bond donors (Lipinski definition) is 1. The lowest BCUT2D eigenvalue weighted by molar-refractivity contribution is 0.159. The molecule has 1 saturated heterocycles. The summed E-state index contributed by atoms with van der Waals surface area (Å²) in [7, 11) is 2.16. The quantitative estimate of drug-likeness (QED) is 0.886. The molecule has 1 aliphatic rings. The number of aryl methyl sites for hydroxylation is 1. The lowest BCUT2D eigenvalue weighted by Crippen LogP contribution is -2.50. The molecule has 2 N–H and O–H groups in total. The number of nitrogens with zero attached hydrogens (tertiary/aromatic N) is 1. The van der Waals surface area contributed by atoms with Crippen LogP contribution in [0.2, 0.25) is 0 Å². The molecule has 1 fully saturated rings. The van der Waals surface area contributed by atoms with Gasteiger partial charge in [-0.05, 0) is 63.5 Å². The van der Waals surface area contributed by atoms with Crippen molar-refractivity contribution in [2.75, 3.05) is 26.7 Å². The van der Waals surface area contributed by atoms with E-state index in [4.69, 9.17) is 10.5 Å². The number of nitrogens with two attached hydrogens (primary N) is 1. The molecule has 0 radical (unpaired) electrons. The predicted octanol–water partition coefficient (Wildman–Crippen LogP) is 2.44. The molecule has 3 nitrogen and oxygen atoms in total. The van der Waals surface area contributed by atoms with Crippen molar-refractivity contribution in [3.63, 3.8) is 0 Å². The van der Waals surface area contributed by atoms with Crippen LogP contribution in [0, 0.1) is 0 Å². The van der Waals surface area contributed by atoms with Gasteiger partial charge in [0.25, 0.3) is 0 Å². The van der Waals surface area contributed by atoms with Crippen LogP contribution in [0.4, 0.5) is 0 Å². The first kappa shape index (κ1) is 14.4. The molecule has 2 rings (SSSR count). The first-order valence-corrected chi connectivity index (χ1v) is 7.30. The minimum Gasteiger partial charge on any atom is -0.494 e. The third-order valence-corrected chi connectivity index (χ3v) is 4.18. The highest BCUT2D eigenvalue weighted by atomic mass is 16.5. The van der Waals surface area contributed by atoms with Gasteiger partial charge >= 0.3 is 0 Å². The Morgan fingerprint density at radius 3 is 2.42 bits per heavy atom. The number of rotatable bonds is 5. The van der Waals surface area contributed by atoms with Crippen LogP contribution in [0.3, 0.4) is 0 Å². The summed E-state index contributed by atoms with van der Waals surface area (Å²) in [5.41, 5.74) is 7.74. The van der Waals surface area contributed by atoms with E-state index in [1.165, 1.54) is 5.56 Å². The van der Waals surface area contributed by atoms with E-state index in [2.05, 4.69) is 43.1 Å². The fourth-order valence-corrected chi connectivity index (χ4v) is 2.51. The second kappa shape index (κ2) is 6.40. The van der Waals surface area contributed by atoms with E-state index >= 15 is 0 Å². The molecule has 0 amide bonds. The summed E-state index contributed by atoms with van der Waals surface area (Å²) in [6.45, 7) is 5.07. The molecule has 0 aliphatic carbocycles. The molecule has 19 heavy (non-hydrogen) atoms. The van der Waals surface area contributed by atoms with Crippen molar-refractivity contribution in [2.45, 2.75) is 38.1 Å². The molecule has 0 bridgehead atoms. The Morgan fingerprint density at radius 2 is 1.84 bits per heavy atom. The Kier molecular flexibility index (Phi) is 4.83. The molecule has 1 heterocycles. The van der Waals surface area contributed by atoms with Gasteiger partial charge in [-0.2, -0.15) is 0 Å². The largest absolute Gasteiger partial charge is 0.494 e. The van der Waals surface area contributed by atoms with Crippen molar-refractivity contribution in [1.29, 1.82) is 0 Å². The summed E-state index contributed by atoms with van der Waals surface area (Å²) in [6.07, 6.45) is 4.15. The third-order valence-electron chi connectivity index (χ3n) is 4.18. The fraction of sp³-hybridized carbons (Fsp3) is 0.625. The SMILES string of the molecule is CCc1ccc(OCCC2(N)CCN(C)CC2)cc1. The highest BCUT2D eigenvalue weighted by Crippen LogP contribution is 2.23. The number of likely N-dealkylation sites (tertiary alicyclic amines) is 1. The van der Waals surface area contributed by atoms with Gasteiger partial charge in [0.05, 0.1) is 6.61 Å². The van der Waals surface area contributed by atoms with Gasteiger partial charge in [0.1, 0.15) is 5.75 Å². The Bertz CT molecular complexity index is 380. The molecule has 0 spiro atoms. The summed E-state index contributed by atoms with van der Waals surface area (Å²) < 4.78 is 5.81. The van der Waals surface area contributed by atoms with Crippen molar-refractivity contribution in [3.8, 4) is 5.75 Å². The molecule has 3 heteroatoms. The predicted molar refractivity (Wildman–Crippen MR) is 79.6 cm³/mol. The monoisotopic (exact) mass is 262 g/mol. The van der Waals surface area contributed by atoms with Crippen LogP contribution in [0.1, 0.15) is 31.7 Å². The van der Waals surface area contributed by atoms with E-state index in [1.54, 1.807) is 0 Å². The summed E-state index contributed by atoms with van der Waals surface area (Å²) in [4.78, 5) is 2.34. The van der Waals surface area contributed by atoms with Crippen molar-refractivity contribution in [1.82, 2.24) is 4.90 Å². The van der Waals surface area contributed by atoms with Crippen LogP contribution in [0.5, 0.6) is 5.75 Å². The zero-order valence-electron chi connectivity index (χ0n) is 12.2. The van der Waals surface area contributed by atoms with E-state index < -0.39 is 0 Å². The van der Waals surface area contributed by atoms with Gasteiger partial charge in [0.2, 0.25) is 0 Å². The molecule has 0 saturated carbocycles. The van der Waals surface area contributed by atoms with Crippen molar-refractivity contribution in [3.05, 3.63) is 29.8 Å². The average Bonchev–Trinajstić information content (AvgIpc) is 2.43. The second-order valence-corrected chi connectivity index (χ2v) is 5.76. The second-order valence-electron chi connectivity index (χ2n) is 5.76. The average molecular weight is 262 g/mol. The van der Waals surface area contributed by atoms with Crippen LogP contribution >= 0.6 is 0 Å². The molecular weight excluding hydrogens is 236 g/mol. The summed E-state index contributed by atoms with van der Waals surface area (Å²) in [6, 6.07) is 8.36. The van der Waals surface area contributed by atoms with E-state index in [0.29, 0.717) is 6.61 Å². The van der Waals surface area contributed by atoms with Gasteiger partial charge in [-0.1, -0.05) is 19.1 Å². The first-order valence-electron chi connectivity index (χ1n) is 7.30. The fourth-order valence-electron chi connectivity index (χ4n) is 2.51. The smallest absolute Gasteiger partial charge is 0.119 e. The van der Waals surface area contributed by atoms with Crippen molar-refractivity contribution in [2.24, 2.45) is 5.73 Å². The van der Waals surface area contributed by atoms with Gasteiger partial charge in [0.15, 0.2) is 0 Å². The molecule has 1 aromatic rings. The van der Waals surface area contributed by atoms with Gasteiger partial charge < -0.3 is 15.4 Å². The lowest BCUT2D eigenvalue weighted by atomic mass is 9.86. The van der Waals surface area contributed by atoms with E-state index in [-0.39, 0.29) is 5.54 Å². The first-order chi connectivity index (χ1) is 9.11. The van der Waals surface area contributed by atoms with E-state index in [1.807, 2.05) is 0 Å². The van der Waals surface area contributed by atoms with E-state index in [9.17, 15) is 0 Å². The minimum absolute atomic E-state index is 0.0319. The van der Waals surface area contributed by atoms with Gasteiger partial charge in [-0.15, -0.1) is 0 Å². The number of piperidine rings is 1. The molecule has 1 aromatic carbocycles. The maximum Gasteiger partial charge on any atom is 0.119 e. The Labute approximate surface area is 116 Å². The van der Waals surface area contributed by atoms with Gasteiger partial charge in [0, 0.05) is 5.54 Å². The number of hydrogen-bond acceptors (Lipinski definition) is 3. The molecule has 106 valence electrons. The zero-order chi connectivity index (χ0) is 13.7. The van der Waals surface area contributed by atoms with Crippen LogP contribution < -0.4 is 10.5 Å². The molecule has 0 aromatic heterocycles. The maximum atomic E-state index is 6.42. The standard InChI is InChI=1S/C16H26N2O/c1-3-14-4-6-15(7-5-14)19-13-10-16(17)8-11-18(2)12-9-16/h4-7H,3,8-13,17H2,1-2H3. The van der Waals surface area contributed by atoms with Gasteiger partial charge in [-0.25, -0.2) is 0 Å². The highest BCUT2D eigenvalue weighted by molar-refractivity contribution is 5.27. The third kappa shape index (κ3) is 4.22. The molecule has 1 aliphatic heterocycles. The number of benzene rings is 1. The Balaban J connectivity index is 1.76. The summed E-state index contributed by atoms with van der Waals surface area (Å²) >= 11 is 0. The number of ether oxygens (including phenoxy) is 1. The van der Waals surface area contributed by atoms with Crippen LogP contribution in [-0.4, -0.2) is 37.2 Å². The normalized spacial score (nSPS) is 19.3. The van der Waals surface area contributed by atoms with Crippen molar-refractivity contribution >= 4 is 0 Å². The topological polar surface area (TPSA) is 38.5 Å². The molecular formula is C16H26N2O. The maximum absolute atomic E-state index is 6.42. The van der Waals surface area contributed by atoms with Crippen LogP contribution in [-0.2, 0) is 6.42 Å².